The predicted molar refractivity (Wildman–Crippen MR) is 62.6 cm³/mol. The van der Waals surface area contributed by atoms with Crippen molar-refractivity contribution in [2.45, 2.75) is 32.0 Å². The molecule has 0 aromatic carbocycles. The molecule has 0 bridgehead atoms. The van der Waals surface area contributed by atoms with Crippen LogP contribution in [0.1, 0.15) is 19.0 Å². The molecular weight excluding hydrogens is 256 g/mol. The van der Waals surface area contributed by atoms with Gasteiger partial charge in [-0.15, -0.1) is 0 Å². The van der Waals surface area contributed by atoms with E-state index in [2.05, 4.69) is 33.2 Å². The van der Waals surface area contributed by atoms with Crippen LogP contribution in [0.3, 0.4) is 0 Å². The molecule has 2 atom stereocenters. The molecule has 0 saturated carbocycles. The van der Waals surface area contributed by atoms with Crippen LogP contribution in [0.25, 0.3) is 0 Å². The van der Waals surface area contributed by atoms with Crippen molar-refractivity contribution in [3.63, 3.8) is 0 Å². The third kappa shape index (κ3) is 3.00. The molecule has 0 spiro atoms. The van der Waals surface area contributed by atoms with Gasteiger partial charge in [0.15, 0.2) is 0 Å². The van der Waals surface area contributed by atoms with Crippen LogP contribution in [-0.2, 0) is 11.3 Å². The van der Waals surface area contributed by atoms with E-state index in [0.29, 0.717) is 12.1 Å². The smallest absolute Gasteiger partial charge is 0.0700 e. The number of hydrogen-bond acceptors (Lipinski definition) is 3. The summed E-state index contributed by atoms with van der Waals surface area (Å²) in [6.45, 7) is 3.79. The fourth-order valence-electron chi connectivity index (χ4n) is 1.75. The molecule has 2 unspecified atom stereocenters. The fourth-order valence-corrected chi connectivity index (χ4v) is 1.98. The van der Waals surface area contributed by atoms with Crippen LogP contribution in [0.5, 0.6) is 0 Å². The van der Waals surface area contributed by atoms with Crippen LogP contribution in [-0.4, -0.2) is 23.7 Å². The van der Waals surface area contributed by atoms with Crippen molar-refractivity contribution in [1.82, 2.24) is 10.3 Å². The van der Waals surface area contributed by atoms with Crippen LogP contribution in [0.2, 0.25) is 0 Å². The van der Waals surface area contributed by atoms with Gasteiger partial charge in [0.05, 0.1) is 11.8 Å². The first-order chi connectivity index (χ1) is 7.25. The third-order valence-electron chi connectivity index (χ3n) is 2.71. The summed E-state index contributed by atoms with van der Waals surface area (Å²) in [5, 5.41) is 3.46. The molecule has 0 amide bonds. The Morgan fingerprint density at radius 3 is 3.07 bits per heavy atom. The van der Waals surface area contributed by atoms with E-state index >= 15 is 0 Å². The number of nitrogens with zero attached hydrogens (tertiary/aromatic N) is 1. The van der Waals surface area contributed by atoms with Gasteiger partial charge in [-0.05, 0) is 41.4 Å². The molecule has 0 radical (unpaired) electrons. The molecule has 1 aliphatic heterocycles. The molecule has 1 aliphatic rings. The number of pyridine rings is 1. The zero-order valence-corrected chi connectivity index (χ0v) is 10.3. The summed E-state index contributed by atoms with van der Waals surface area (Å²) in [6, 6.07) is 4.51. The standard InChI is InChI=1S/C11H15BrN2O/c1-8-11(4-5-15-8)14-7-10-3-2-9(12)6-13-10/h2-3,6,8,11,14H,4-5,7H2,1H3. The van der Waals surface area contributed by atoms with Crippen molar-refractivity contribution in [3.05, 3.63) is 28.5 Å². The Morgan fingerprint density at radius 2 is 2.47 bits per heavy atom. The van der Waals surface area contributed by atoms with E-state index in [1.807, 2.05) is 18.3 Å². The van der Waals surface area contributed by atoms with Crippen LogP contribution in [0, 0.1) is 0 Å². The summed E-state index contributed by atoms with van der Waals surface area (Å²) in [6.07, 6.45) is 3.24. The highest BCUT2D eigenvalue weighted by molar-refractivity contribution is 9.10. The van der Waals surface area contributed by atoms with Gasteiger partial charge >= 0.3 is 0 Å². The summed E-state index contributed by atoms with van der Waals surface area (Å²) in [5.41, 5.74) is 1.07. The average Bonchev–Trinajstić information content (AvgIpc) is 2.63. The molecule has 1 aromatic rings. The number of nitrogens with one attached hydrogen (secondary N) is 1. The Hall–Kier alpha value is -0.450. The zero-order valence-electron chi connectivity index (χ0n) is 8.74. The van der Waals surface area contributed by atoms with E-state index < -0.39 is 0 Å². The predicted octanol–water partition coefficient (Wildman–Crippen LogP) is 2.11. The van der Waals surface area contributed by atoms with Gasteiger partial charge in [0.1, 0.15) is 0 Å². The highest BCUT2D eigenvalue weighted by atomic mass is 79.9. The van der Waals surface area contributed by atoms with E-state index in [0.717, 1.165) is 29.7 Å². The first-order valence-corrected chi connectivity index (χ1v) is 6.00. The molecule has 1 saturated heterocycles. The van der Waals surface area contributed by atoms with Gasteiger partial charge < -0.3 is 10.1 Å². The molecule has 1 aromatic heterocycles. The summed E-state index contributed by atoms with van der Waals surface area (Å²) in [5.74, 6) is 0. The van der Waals surface area contributed by atoms with Crippen LogP contribution in [0.15, 0.2) is 22.8 Å². The van der Waals surface area contributed by atoms with Crippen molar-refractivity contribution in [1.29, 1.82) is 0 Å². The lowest BCUT2D eigenvalue weighted by Gasteiger charge is -2.15. The SMILES string of the molecule is CC1OCCC1NCc1ccc(Br)cn1. The van der Waals surface area contributed by atoms with Gasteiger partial charge in [-0.25, -0.2) is 0 Å². The Kier molecular flexibility index (Phi) is 3.72. The molecule has 82 valence electrons. The Balaban J connectivity index is 1.85. The molecule has 2 heterocycles. The van der Waals surface area contributed by atoms with E-state index in [-0.39, 0.29) is 0 Å². The van der Waals surface area contributed by atoms with E-state index in [1.165, 1.54) is 0 Å². The monoisotopic (exact) mass is 270 g/mol. The summed E-state index contributed by atoms with van der Waals surface area (Å²) < 4.78 is 6.50. The second kappa shape index (κ2) is 5.05. The Labute approximate surface area is 98.4 Å². The maximum Gasteiger partial charge on any atom is 0.0700 e. The summed E-state index contributed by atoms with van der Waals surface area (Å²) in [7, 11) is 0. The van der Waals surface area contributed by atoms with Crippen molar-refractivity contribution < 1.29 is 4.74 Å². The molecule has 15 heavy (non-hydrogen) atoms. The average molecular weight is 271 g/mol. The van der Waals surface area contributed by atoms with Crippen LogP contribution >= 0.6 is 15.9 Å². The maximum absolute atomic E-state index is 5.48. The minimum absolute atomic E-state index is 0.320. The lowest BCUT2D eigenvalue weighted by Crippen LogP contribution is -2.34. The number of ether oxygens (including phenoxy) is 1. The second-order valence-electron chi connectivity index (χ2n) is 3.82. The largest absolute Gasteiger partial charge is 0.377 e. The molecule has 2 rings (SSSR count). The first kappa shape index (κ1) is 11.0. The van der Waals surface area contributed by atoms with E-state index in [9.17, 15) is 0 Å². The normalized spacial score (nSPS) is 25.7. The van der Waals surface area contributed by atoms with Gasteiger partial charge in [-0.3, -0.25) is 4.98 Å². The lowest BCUT2D eigenvalue weighted by molar-refractivity contribution is 0.113. The van der Waals surface area contributed by atoms with Gasteiger partial charge in [-0.1, -0.05) is 0 Å². The number of hydrogen-bond donors (Lipinski definition) is 1. The van der Waals surface area contributed by atoms with Crippen molar-refractivity contribution in [2.75, 3.05) is 6.61 Å². The summed E-state index contributed by atoms with van der Waals surface area (Å²) >= 11 is 3.37. The molecule has 0 aliphatic carbocycles. The number of aromatic nitrogens is 1. The number of rotatable bonds is 3. The maximum atomic E-state index is 5.48. The third-order valence-corrected chi connectivity index (χ3v) is 3.18. The highest BCUT2D eigenvalue weighted by Crippen LogP contribution is 2.13. The second-order valence-corrected chi connectivity index (χ2v) is 4.74. The quantitative estimate of drug-likeness (QED) is 0.914. The highest BCUT2D eigenvalue weighted by Gasteiger charge is 2.23. The summed E-state index contributed by atoms with van der Waals surface area (Å²) in [4.78, 5) is 4.31. The van der Waals surface area contributed by atoms with Gasteiger partial charge in [0.2, 0.25) is 0 Å². The molecule has 3 nitrogen and oxygen atoms in total. The molecule has 1 N–H and O–H groups in total. The fraction of sp³-hybridized carbons (Fsp3) is 0.545. The molecular formula is C11H15BrN2O. The Bertz CT molecular complexity index is 315. The van der Waals surface area contributed by atoms with Crippen LogP contribution in [0.4, 0.5) is 0 Å². The topological polar surface area (TPSA) is 34.1 Å². The van der Waals surface area contributed by atoms with Gasteiger partial charge in [0.25, 0.3) is 0 Å². The minimum Gasteiger partial charge on any atom is -0.377 e. The first-order valence-electron chi connectivity index (χ1n) is 5.21. The van der Waals surface area contributed by atoms with Gasteiger partial charge in [0, 0.05) is 29.9 Å². The van der Waals surface area contributed by atoms with Crippen LogP contribution < -0.4 is 5.32 Å². The molecule has 1 fully saturated rings. The van der Waals surface area contributed by atoms with Crippen molar-refractivity contribution >= 4 is 15.9 Å². The van der Waals surface area contributed by atoms with E-state index in [1.54, 1.807) is 0 Å². The van der Waals surface area contributed by atoms with Gasteiger partial charge in [-0.2, -0.15) is 0 Å². The number of halogens is 1. The van der Waals surface area contributed by atoms with Crippen molar-refractivity contribution in [2.24, 2.45) is 0 Å². The van der Waals surface area contributed by atoms with E-state index in [4.69, 9.17) is 4.74 Å². The lowest BCUT2D eigenvalue weighted by atomic mass is 10.1. The Morgan fingerprint density at radius 1 is 1.60 bits per heavy atom. The van der Waals surface area contributed by atoms with Crippen molar-refractivity contribution in [3.8, 4) is 0 Å². The zero-order chi connectivity index (χ0) is 10.7. The molecule has 4 heteroatoms. The minimum atomic E-state index is 0.320.